The number of aromatic nitrogens is 1. The molecule has 0 aliphatic carbocycles. The first-order valence-electron chi connectivity index (χ1n) is 12.7. The van der Waals surface area contributed by atoms with E-state index < -0.39 is 0 Å². The third-order valence-electron chi connectivity index (χ3n) is 6.36. The van der Waals surface area contributed by atoms with Crippen molar-refractivity contribution in [3.8, 4) is 5.88 Å². The smallest absolute Gasteiger partial charge is 0.230 e. The lowest BCUT2D eigenvalue weighted by Gasteiger charge is -2.21. The normalized spacial score (nSPS) is 12.0. The monoisotopic (exact) mass is 481 g/mol. The first kappa shape index (κ1) is 25.4. The Hall–Kier alpha value is -3.70. The molecule has 186 valence electrons. The fraction of sp³-hybridized carbons (Fsp3) is 0.290. The molecule has 1 heterocycles. The summed E-state index contributed by atoms with van der Waals surface area (Å²) in [6.07, 6.45) is 2.28. The standard InChI is InChI=1S/C31H35N3O2/c1-5-18-33(19-6-2)21-24-13-15-26(16-14-24)32-30(25-10-8-7-9-11-25)29-27-17-12-22(3)20-28(27)34(23(4)35)31(29)36/h7-17,20,36H,5-6,18-19,21H2,1-4H3. The Labute approximate surface area is 213 Å². The van der Waals surface area contributed by atoms with E-state index in [9.17, 15) is 9.90 Å². The van der Waals surface area contributed by atoms with Gasteiger partial charge in [0.05, 0.1) is 22.5 Å². The minimum absolute atomic E-state index is 0.0860. The number of benzene rings is 3. The largest absolute Gasteiger partial charge is 0.494 e. The third-order valence-corrected chi connectivity index (χ3v) is 6.36. The molecule has 0 saturated heterocycles. The number of nitrogens with zero attached hydrogens (tertiary/aromatic N) is 3. The van der Waals surface area contributed by atoms with E-state index in [1.54, 1.807) is 0 Å². The Bertz CT molecular complexity index is 1360. The number of aliphatic imine (C=N–C) groups is 1. The Morgan fingerprint density at radius 1 is 0.944 bits per heavy atom. The topological polar surface area (TPSA) is 57.8 Å². The van der Waals surface area contributed by atoms with Crippen LogP contribution in [0.4, 0.5) is 5.69 Å². The van der Waals surface area contributed by atoms with Crippen LogP contribution in [-0.2, 0) is 6.54 Å². The average molecular weight is 482 g/mol. The van der Waals surface area contributed by atoms with Gasteiger partial charge >= 0.3 is 0 Å². The van der Waals surface area contributed by atoms with Crippen molar-refractivity contribution in [1.29, 1.82) is 0 Å². The molecule has 36 heavy (non-hydrogen) atoms. The summed E-state index contributed by atoms with van der Waals surface area (Å²) in [4.78, 5) is 20.0. The summed E-state index contributed by atoms with van der Waals surface area (Å²) in [6.45, 7) is 11.0. The van der Waals surface area contributed by atoms with Crippen LogP contribution in [-0.4, -0.2) is 39.3 Å². The van der Waals surface area contributed by atoms with Crippen LogP contribution in [0.2, 0.25) is 0 Å². The number of aryl methyl sites for hydroxylation is 1. The van der Waals surface area contributed by atoms with E-state index in [2.05, 4.69) is 30.9 Å². The predicted molar refractivity (Wildman–Crippen MR) is 149 cm³/mol. The molecule has 1 N–H and O–H groups in total. The molecule has 0 fully saturated rings. The summed E-state index contributed by atoms with van der Waals surface area (Å²) in [6, 6.07) is 24.0. The summed E-state index contributed by atoms with van der Waals surface area (Å²) >= 11 is 0. The van der Waals surface area contributed by atoms with Gasteiger partial charge in [0.1, 0.15) is 0 Å². The Balaban J connectivity index is 1.82. The summed E-state index contributed by atoms with van der Waals surface area (Å²) in [5.74, 6) is -0.327. The molecule has 0 radical (unpaired) electrons. The molecule has 0 amide bonds. The van der Waals surface area contributed by atoms with Crippen LogP contribution < -0.4 is 0 Å². The van der Waals surface area contributed by atoms with Crippen LogP contribution in [0, 0.1) is 6.92 Å². The van der Waals surface area contributed by atoms with Gasteiger partial charge < -0.3 is 5.11 Å². The zero-order valence-electron chi connectivity index (χ0n) is 21.7. The SMILES string of the molecule is CCCN(CCC)Cc1ccc(N=C(c2ccccc2)c2c(O)n(C(C)=O)c3cc(C)ccc23)cc1. The van der Waals surface area contributed by atoms with Gasteiger partial charge in [-0.15, -0.1) is 0 Å². The first-order chi connectivity index (χ1) is 17.4. The highest BCUT2D eigenvalue weighted by Gasteiger charge is 2.24. The van der Waals surface area contributed by atoms with Gasteiger partial charge in [0, 0.05) is 24.4 Å². The zero-order valence-corrected chi connectivity index (χ0v) is 21.7. The van der Waals surface area contributed by atoms with Crippen molar-refractivity contribution in [2.75, 3.05) is 13.1 Å². The van der Waals surface area contributed by atoms with Crippen LogP contribution in [0.3, 0.4) is 0 Å². The maximum atomic E-state index is 12.5. The quantitative estimate of drug-likeness (QED) is 0.259. The average Bonchev–Trinajstić information content (AvgIpc) is 3.15. The molecular formula is C31H35N3O2. The predicted octanol–water partition coefficient (Wildman–Crippen LogP) is 7.11. The summed E-state index contributed by atoms with van der Waals surface area (Å²) in [5.41, 5.74) is 5.82. The van der Waals surface area contributed by atoms with Gasteiger partial charge in [-0.25, -0.2) is 4.99 Å². The van der Waals surface area contributed by atoms with E-state index in [1.165, 1.54) is 17.1 Å². The lowest BCUT2D eigenvalue weighted by atomic mass is 10.00. The molecule has 4 aromatic rings. The summed E-state index contributed by atoms with van der Waals surface area (Å²) in [7, 11) is 0. The number of rotatable bonds is 9. The summed E-state index contributed by atoms with van der Waals surface area (Å²) in [5, 5.41) is 12.1. The van der Waals surface area contributed by atoms with Crippen LogP contribution >= 0.6 is 0 Å². The number of hydrogen-bond donors (Lipinski definition) is 1. The number of carbonyl (C=O) groups excluding carboxylic acids is 1. The lowest BCUT2D eigenvalue weighted by Crippen LogP contribution is -2.24. The van der Waals surface area contributed by atoms with Crippen LogP contribution in [0.5, 0.6) is 5.88 Å². The lowest BCUT2D eigenvalue weighted by molar-refractivity contribution is 0.0933. The van der Waals surface area contributed by atoms with Gasteiger partial charge in [0.15, 0.2) is 0 Å². The molecule has 0 aliphatic rings. The maximum Gasteiger partial charge on any atom is 0.230 e. The van der Waals surface area contributed by atoms with Crippen molar-refractivity contribution in [2.45, 2.75) is 47.1 Å². The second-order valence-corrected chi connectivity index (χ2v) is 9.34. The number of aromatic hydroxyl groups is 1. The molecule has 1 aromatic heterocycles. The van der Waals surface area contributed by atoms with E-state index in [0.29, 0.717) is 16.8 Å². The fourth-order valence-electron chi connectivity index (χ4n) is 4.76. The van der Waals surface area contributed by atoms with Gasteiger partial charge in [-0.05, 0) is 62.2 Å². The van der Waals surface area contributed by atoms with Gasteiger partial charge in [-0.3, -0.25) is 14.3 Å². The van der Waals surface area contributed by atoms with Crippen molar-refractivity contribution in [3.63, 3.8) is 0 Å². The van der Waals surface area contributed by atoms with E-state index in [0.717, 1.165) is 54.7 Å². The van der Waals surface area contributed by atoms with Gasteiger partial charge in [0.2, 0.25) is 11.8 Å². The van der Waals surface area contributed by atoms with Gasteiger partial charge in [-0.2, -0.15) is 0 Å². The number of fused-ring (bicyclic) bond motifs is 1. The zero-order chi connectivity index (χ0) is 25.7. The van der Waals surface area contributed by atoms with Crippen molar-refractivity contribution >= 4 is 28.2 Å². The summed E-state index contributed by atoms with van der Waals surface area (Å²) < 4.78 is 1.37. The van der Waals surface area contributed by atoms with Crippen molar-refractivity contribution < 1.29 is 9.90 Å². The highest BCUT2D eigenvalue weighted by atomic mass is 16.3. The molecule has 3 aromatic carbocycles. The van der Waals surface area contributed by atoms with Gasteiger partial charge in [-0.1, -0.05) is 68.4 Å². The van der Waals surface area contributed by atoms with Crippen LogP contribution in [0.25, 0.3) is 10.9 Å². The molecular weight excluding hydrogens is 446 g/mol. The maximum absolute atomic E-state index is 12.5. The highest BCUT2D eigenvalue weighted by Crippen LogP contribution is 2.35. The molecule has 0 spiro atoms. The fourth-order valence-corrected chi connectivity index (χ4v) is 4.76. The van der Waals surface area contributed by atoms with E-state index in [1.807, 2.05) is 67.6 Å². The minimum Gasteiger partial charge on any atom is -0.494 e. The third kappa shape index (κ3) is 5.42. The molecule has 0 aliphatic heterocycles. The molecule has 0 saturated carbocycles. The minimum atomic E-state index is -0.241. The van der Waals surface area contributed by atoms with E-state index in [-0.39, 0.29) is 11.8 Å². The van der Waals surface area contributed by atoms with Crippen molar-refractivity contribution in [2.24, 2.45) is 4.99 Å². The Morgan fingerprint density at radius 3 is 2.22 bits per heavy atom. The van der Waals surface area contributed by atoms with Crippen molar-refractivity contribution in [3.05, 3.63) is 95.1 Å². The number of hydrogen-bond acceptors (Lipinski definition) is 4. The van der Waals surface area contributed by atoms with E-state index in [4.69, 9.17) is 4.99 Å². The molecule has 0 unspecified atom stereocenters. The van der Waals surface area contributed by atoms with Crippen molar-refractivity contribution in [1.82, 2.24) is 9.47 Å². The highest BCUT2D eigenvalue weighted by molar-refractivity contribution is 6.23. The Morgan fingerprint density at radius 2 is 1.61 bits per heavy atom. The number of carbonyl (C=O) groups is 1. The molecule has 5 nitrogen and oxygen atoms in total. The molecule has 0 bridgehead atoms. The molecule has 5 heteroatoms. The van der Waals surface area contributed by atoms with Crippen LogP contribution in [0.15, 0.2) is 77.8 Å². The molecule has 4 rings (SSSR count). The van der Waals surface area contributed by atoms with Gasteiger partial charge in [0.25, 0.3) is 0 Å². The second-order valence-electron chi connectivity index (χ2n) is 9.34. The van der Waals surface area contributed by atoms with E-state index >= 15 is 0 Å². The first-order valence-corrected chi connectivity index (χ1v) is 12.7. The Kier molecular flexibility index (Phi) is 8.01. The second kappa shape index (κ2) is 11.4. The van der Waals surface area contributed by atoms with Crippen LogP contribution in [0.1, 0.15) is 60.7 Å². The molecule has 0 atom stereocenters.